The molecule has 0 spiro atoms. The number of likely N-dealkylation sites (tertiary alicyclic amines) is 2. The van der Waals surface area contributed by atoms with Crippen molar-refractivity contribution in [3.8, 4) is 17.2 Å². The van der Waals surface area contributed by atoms with E-state index in [1.54, 1.807) is 39.7 Å². The summed E-state index contributed by atoms with van der Waals surface area (Å²) >= 11 is 0. The number of nitrogens with zero attached hydrogens (tertiary/aromatic N) is 5. The highest BCUT2D eigenvalue weighted by Gasteiger charge is 2.46. The second kappa shape index (κ2) is 17.6. The maximum atomic E-state index is 14.2. The Morgan fingerprint density at radius 3 is 2.09 bits per heavy atom. The Morgan fingerprint density at radius 2 is 1.48 bits per heavy atom. The molecule has 3 fully saturated rings. The first kappa shape index (κ1) is 39.0. The van der Waals surface area contributed by atoms with Crippen molar-refractivity contribution in [2.75, 3.05) is 93.4 Å². The molecule has 0 saturated carbocycles. The van der Waals surface area contributed by atoms with Gasteiger partial charge in [-0.1, -0.05) is 36.4 Å². The summed E-state index contributed by atoms with van der Waals surface area (Å²) in [6, 6.07) is 19.8. The van der Waals surface area contributed by atoms with Crippen LogP contribution in [-0.2, 0) is 25.2 Å². The predicted molar refractivity (Wildman–Crippen MR) is 204 cm³/mol. The van der Waals surface area contributed by atoms with E-state index in [4.69, 9.17) is 23.9 Å². The van der Waals surface area contributed by atoms with Crippen LogP contribution in [0, 0.1) is 0 Å². The smallest absolute Gasteiger partial charge is 0.320 e. The van der Waals surface area contributed by atoms with E-state index in [0.29, 0.717) is 81.5 Å². The number of hydrazine groups is 1. The van der Waals surface area contributed by atoms with Crippen LogP contribution >= 0.6 is 0 Å². The lowest BCUT2D eigenvalue weighted by Crippen LogP contribution is -2.60. The van der Waals surface area contributed by atoms with Crippen molar-refractivity contribution >= 4 is 17.8 Å². The largest absolute Gasteiger partial charge is 0.493 e. The van der Waals surface area contributed by atoms with Crippen molar-refractivity contribution in [2.24, 2.45) is 0 Å². The van der Waals surface area contributed by atoms with Crippen molar-refractivity contribution in [2.45, 2.75) is 43.4 Å². The van der Waals surface area contributed by atoms with Gasteiger partial charge in [-0.2, -0.15) is 0 Å². The number of rotatable bonds is 14. The summed E-state index contributed by atoms with van der Waals surface area (Å²) in [6.45, 7) is 8.56. The number of benzene rings is 2. The lowest BCUT2D eigenvalue weighted by Gasteiger charge is -2.43. The van der Waals surface area contributed by atoms with Crippen molar-refractivity contribution in [3.63, 3.8) is 0 Å². The zero-order chi connectivity index (χ0) is 38.1. The molecule has 1 N–H and O–H groups in total. The molecule has 3 aromatic rings. The predicted octanol–water partition coefficient (Wildman–Crippen LogP) is 3.53. The van der Waals surface area contributed by atoms with Crippen molar-refractivity contribution in [1.29, 1.82) is 0 Å². The fourth-order valence-electron chi connectivity index (χ4n) is 8.24. The maximum absolute atomic E-state index is 14.2. The number of pyridine rings is 1. The van der Waals surface area contributed by atoms with Crippen LogP contribution < -0.4 is 19.6 Å². The fraction of sp³-hybridized carbons (Fsp3) is 0.512. The van der Waals surface area contributed by atoms with Gasteiger partial charge in [0.15, 0.2) is 11.5 Å². The molecule has 1 aromatic heterocycles. The van der Waals surface area contributed by atoms with Crippen LogP contribution in [0.3, 0.4) is 0 Å². The lowest BCUT2D eigenvalue weighted by molar-refractivity contribution is -0.145. The second-order valence-corrected chi connectivity index (χ2v) is 14.4. The number of carbonyl (C=O) groups is 3. The highest BCUT2D eigenvalue weighted by Crippen LogP contribution is 2.42. The quantitative estimate of drug-likeness (QED) is 0.244. The van der Waals surface area contributed by atoms with Crippen LogP contribution in [0.15, 0.2) is 66.9 Å². The second-order valence-electron chi connectivity index (χ2n) is 14.4. The highest BCUT2D eigenvalue weighted by molar-refractivity contribution is 5.96. The first-order valence-electron chi connectivity index (χ1n) is 19.0. The van der Waals surface area contributed by atoms with E-state index in [1.165, 1.54) is 5.56 Å². The molecular weight excluding hydrogens is 688 g/mol. The van der Waals surface area contributed by atoms with Gasteiger partial charge in [-0.25, -0.2) is 5.01 Å². The number of hydrogen-bond acceptors (Lipinski definition) is 11. The third-order valence-corrected chi connectivity index (χ3v) is 11.4. The average Bonchev–Trinajstić information content (AvgIpc) is 3.66. The molecule has 3 saturated heterocycles. The number of nitrogens with one attached hydrogen (secondary N) is 1. The minimum Gasteiger partial charge on any atom is -0.493 e. The number of methoxy groups -OCH3 is 3. The van der Waals surface area contributed by atoms with Gasteiger partial charge >= 0.3 is 5.97 Å². The van der Waals surface area contributed by atoms with Crippen molar-refractivity contribution in [1.82, 2.24) is 30.1 Å². The topological polar surface area (TPSA) is 126 Å². The monoisotopic (exact) mass is 742 g/mol. The number of ether oxygens (including phenoxy) is 4. The first-order valence-corrected chi connectivity index (χ1v) is 19.0. The van der Waals surface area contributed by atoms with Crippen LogP contribution in [0.2, 0.25) is 0 Å². The van der Waals surface area contributed by atoms with Crippen LogP contribution in [0.25, 0.3) is 0 Å². The van der Waals surface area contributed by atoms with Gasteiger partial charge in [0.1, 0.15) is 0 Å². The molecule has 1 atom stereocenters. The van der Waals surface area contributed by atoms with Gasteiger partial charge in [-0.15, -0.1) is 0 Å². The molecule has 290 valence electrons. The van der Waals surface area contributed by atoms with Gasteiger partial charge in [-0.05, 0) is 82.1 Å². The van der Waals surface area contributed by atoms with E-state index in [9.17, 15) is 14.4 Å². The number of aromatic nitrogens is 1. The first-order chi connectivity index (χ1) is 26.2. The Labute approximate surface area is 318 Å². The Hall–Kier alpha value is -4.72. The molecule has 2 amide bonds. The summed E-state index contributed by atoms with van der Waals surface area (Å²) in [5.74, 6) is 1.02. The van der Waals surface area contributed by atoms with E-state index >= 15 is 0 Å². The van der Waals surface area contributed by atoms with Gasteiger partial charge in [-0.3, -0.25) is 29.7 Å². The molecule has 54 heavy (non-hydrogen) atoms. The Kier molecular flexibility index (Phi) is 12.7. The third-order valence-electron chi connectivity index (χ3n) is 11.4. The maximum Gasteiger partial charge on any atom is 0.320 e. The zero-order valence-corrected chi connectivity index (χ0v) is 32.1. The summed E-state index contributed by atoms with van der Waals surface area (Å²) in [5.41, 5.74) is 4.76. The van der Waals surface area contributed by atoms with Gasteiger partial charge < -0.3 is 28.7 Å². The van der Waals surface area contributed by atoms with Crippen molar-refractivity contribution < 1.29 is 33.3 Å². The van der Waals surface area contributed by atoms with E-state index in [-0.39, 0.29) is 29.7 Å². The van der Waals surface area contributed by atoms with Gasteiger partial charge in [0.2, 0.25) is 11.7 Å². The van der Waals surface area contributed by atoms with Crippen LogP contribution in [-0.4, -0.2) is 136 Å². The minimum atomic E-state index is -0.756. The molecule has 4 heterocycles. The fourth-order valence-corrected chi connectivity index (χ4v) is 8.24. The minimum absolute atomic E-state index is 0.0304. The SMILES string of the molecule is CCOC(=O)CN1CCN(NC(=O)C2(c3ccccn3)CCN(CCC3(c4ccccc4)CCN(C(=O)c4cc(OC)c(OC)c(OC)c4)C3)CC2)CC1. The molecule has 2 aromatic carbocycles. The van der Waals surface area contributed by atoms with Gasteiger partial charge in [0.25, 0.3) is 5.91 Å². The summed E-state index contributed by atoms with van der Waals surface area (Å²) in [6.07, 6.45) is 4.76. The Morgan fingerprint density at radius 1 is 0.796 bits per heavy atom. The molecule has 0 radical (unpaired) electrons. The standard InChI is InChI=1S/C41H54N6O7/c1-5-54-36(48)29-45-23-25-47(26-24-45)43-39(50)41(35-13-9-10-18-42-35)16-20-44(21-17-41)19-14-40(32-11-7-6-8-12-32)15-22-46(30-40)38(49)31-27-33(51-2)37(53-4)34(28-31)52-3/h6-13,18,27-28H,5,14-17,19-26,29-30H2,1-4H3,(H,43,50). The average molecular weight is 743 g/mol. The number of esters is 1. The van der Waals surface area contributed by atoms with E-state index < -0.39 is 5.41 Å². The lowest BCUT2D eigenvalue weighted by atomic mass is 9.73. The number of carbonyl (C=O) groups excluding carboxylic acids is 3. The van der Waals surface area contributed by atoms with E-state index in [0.717, 1.165) is 38.2 Å². The van der Waals surface area contributed by atoms with Gasteiger partial charge in [0, 0.05) is 56.4 Å². The summed E-state index contributed by atoms with van der Waals surface area (Å²) in [7, 11) is 4.65. The summed E-state index contributed by atoms with van der Waals surface area (Å²) < 4.78 is 21.7. The number of piperazine rings is 1. The van der Waals surface area contributed by atoms with E-state index in [1.807, 2.05) is 41.1 Å². The summed E-state index contributed by atoms with van der Waals surface area (Å²) in [4.78, 5) is 51.4. The highest BCUT2D eigenvalue weighted by atomic mass is 16.5. The zero-order valence-electron chi connectivity index (χ0n) is 32.1. The summed E-state index contributed by atoms with van der Waals surface area (Å²) in [5, 5.41) is 1.97. The molecule has 13 heteroatoms. The molecule has 1 unspecified atom stereocenters. The molecule has 0 aliphatic carbocycles. The molecule has 3 aliphatic rings. The van der Waals surface area contributed by atoms with Crippen molar-refractivity contribution in [3.05, 3.63) is 83.7 Å². The molecular formula is C41H54N6O7. The third kappa shape index (κ3) is 8.48. The van der Waals surface area contributed by atoms with Crippen LogP contribution in [0.1, 0.15) is 54.2 Å². The van der Waals surface area contributed by atoms with Crippen LogP contribution in [0.4, 0.5) is 0 Å². The molecule has 13 nitrogen and oxygen atoms in total. The normalized spacial score (nSPS) is 20.6. The number of amides is 2. The Bertz CT molecular complexity index is 1700. The molecule has 0 bridgehead atoms. The molecule has 6 rings (SSSR count). The Balaban J connectivity index is 1.12. The number of piperidine rings is 1. The number of hydrogen-bond donors (Lipinski definition) is 1. The van der Waals surface area contributed by atoms with Crippen LogP contribution in [0.5, 0.6) is 17.2 Å². The van der Waals surface area contributed by atoms with Gasteiger partial charge in [0.05, 0.1) is 45.6 Å². The molecule has 3 aliphatic heterocycles. The van der Waals surface area contributed by atoms with E-state index in [2.05, 4.69) is 39.5 Å².